The van der Waals surface area contributed by atoms with E-state index in [0.717, 1.165) is 10.6 Å². The Hall–Kier alpha value is -3.61. The molecular weight excluding hydrogens is 449 g/mol. The molecule has 4 rings (SSSR count). The van der Waals surface area contributed by atoms with Crippen LogP contribution in [0.1, 0.15) is 10.4 Å². The van der Waals surface area contributed by atoms with Crippen LogP contribution in [0.15, 0.2) is 89.6 Å². The van der Waals surface area contributed by atoms with Gasteiger partial charge in [-0.2, -0.15) is 0 Å². The molecule has 160 valence electrons. The summed E-state index contributed by atoms with van der Waals surface area (Å²) < 4.78 is 0. The number of para-hydroxylation sites is 1. The third kappa shape index (κ3) is 4.10. The molecule has 0 saturated heterocycles. The van der Waals surface area contributed by atoms with Crippen LogP contribution in [0.5, 0.6) is 0 Å². The van der Waals surface area contributed by atoms with Crippen LogP contribution in [0.3, 0.4) is 0 Å². The Bertz CT molecular complexity index is 1220. The van der Waals surface area contributed by atoms with Crippen molar-refractivity contribution in [3.05, 3.63) is 100 Å². The lowest BCUT2D eigenvalue weighted by Gasteiger charge is -2.17. The number of nitrogens with one attached hydrogen (secondary N) is 1. The molecule has 0 unspecified atom stereocenters. The first kappa shape index (κ1) is 21.6. The van der Waals surface area contributed by atoms with Crippen LogP contribution in [0.25, 0.3) is 0 Å². The summed E-state index contributed by atoms with van der Waals surface area (Å²) in [6.07, 6.45) is 0. The summed E-state index contributed by atoms with van der Waals surface area (Å²) >= 11 is 12.0. The third-order valence-electron chi connectivity index (χ3n) is 4.96. The molecular formula is C24H17Cl2N3O3. The zero-order valence-electron chi connectivity index (χ0n) is 16.9. The van der Waals surface area contributed by atoms with Gasteiger partial charge >= 0.3 is 0 Å². The molecule has 3 aromatic carbocycles. The molecule has 3 aromatic rings. The van der Waals surface area contributed by atoms with E-state index in [0.29, 0.717) is 22.0 Å². The van der Waals surface area contributed by atoms with Gasteiger partial charge in [-0.15, -0.1) is 0 Å². The Morgan fingerprint density at radius 1 is 0.844 bits per heavy atom. The molecule has 0 radical (unpaired) electrons. The van der Waals surface area contributed by atoms with Crippen LogP contribution >= 0.6 is 23.2 Å². The van der Waals surface area contributed by atoms with Gasteiger partial charge in [-0.1, -0.05) is 41.4 Å². The molecule has 0 aliphatic carbocycles. The van der Waals surface area contributed by atoms with Gasteiger partial charge in [-0.3, -0.25) is 14.4 Å². The number of imide groups is 1. The third-order valence-corrected chi connectivity index (χ3v) is 5.56. The molecule has 0 fully saturated rings. The van der Waals surface area contributed by atoms with Gasteiger partial charge in [0.2, 0.25) is 0 Å². The Morgan fingerprint density at radius 3 is 2.09 bits per heavy atom. The summed E-state index contributed by atoms with van der Waals surface area (Å²) in [5, 5.41) is 3.16. The largest absolute Gasteiger partial charge is 0.350 e. The number of carbonyl (C=O) groups excluding carboxylic acids is 3. The van der Waals surface area contributed by atoms with E-state index >= 15 is 0 Å². The lowest BCUT2D eigenvalue weighted by atomic mass is 10.1. The van der Waals surface area contributed by atoms with Gasteiger partial charge in [0.1, 0.15) is 10.7 Å². The van der Waals surface area contributed by atoms with Crippen molar-refractivity contribution >= 4 is 58.0 Å². The number of hydrogen-bond acceptors (Lipinski definition) is 4. The fourth-order valence-electron chi connectivity index (χ4n) is 3.24. The summed E-state index contributed by atoms with van der Waals surface area (Å²) in [4.78, 5) is 40.6. The number of rotatable bonds is 5. The second-order valence-corrected chi connectivity index (χ2v) is 7.83. The van der Waals surface area contributed by atoms with E-state index in [1.807, 2.05) is 30.3 Å². The minimum atomic E-state index is -0.627. The lowest BCUT2D eigenvalue weighted by Crippen LogP contribution is -2.32. The minimum absolute atomic E-state index is 0.0351. The average molecular weight is 466 g/mol. The number of benzene rings is 3. The normalized spacial score (nSPS) is 13.5. The van der Waals surface area contributed by atoms with Crippen molar-refractivity contribution in [2.45, 2.75) is 0 Å². The highest BCUT2D eigenvalue weighted by Gasteiger charge is 2.38. The van der Waals surface area contributed by atoms with E-state index in [4.69, 9.17) is 23.2 Å². The fourth-order valence-corrected chi connectivity index (χ4v) is 3.58. The van der Waals surface area contributed by atoms with E-state index in [2.05, 4.69) is 5.32 Å². The molecule has 8 heteroatoms. The molecule has 0 atom stereocenters. The average Bonchev–Trinajstić information content (AvgIpc) is 3.03. The van der Waals surface area contributed by atoms with Gasteiger partial charge < -0.3 is 10.2 Å². The van der Waals surface area contributed by atoms with Crippen LogP contribution in [0, 0.1) is 0 Å². The molecule has 1 N–H and O–H groups in total. The highest BCUT2D eigenvalue weighted by molar-refractivity contribution is 6.53. The first-order chi connectivity index (χ1) is 15.4. The van der Waals surface area contributed by atoms with Gasteiger partial charge in [0.25, 0.3) is 17.7 Å². The molecule has 1 aliphatic rings. The van der Waals surface area contributed by atoms with Crippen molar-refractivity contribution in [2.75, 3.05) is 22.2 Å². The topological polar surface area (TPSA) is 69.7 Å². The monoisotopic (exact) mass is 465 g/mol. The van der Waals surface area contributed by atoms with E-state index in [1.165, 1.54) is 0 Å². The molecule has 1 aliphatic heterocycles. The number of halogens is 2. The number of amides is 3. The van der Waals surface area contributed by atoms with E-state index in [-0.39, 0.29) is 16.6 Å². The Kier molecular flexibility index (Phi) is 5.99. The summed E-state index contributed by atoms with van der Waals surface area (Å²) in [6.45, 7) is 0. The Morgan fingerprint density at radius 2 is 1.47 bits per heavy atom. The Labute approximate surface area is 194 Å². The van der Waals surface area contributed by atoms with Gasteiger partial charge in [0, 0.05) is 29.0 Å². The number of anilines is 3. The van der Waals surface area contributed by atoms with Crippen molar-refractivity contribution in [3.63, 3.8) is 0 Å². The highest BCUT2D eigenvalue weighted by atomic mass is 35.5. The standard InChI is InChI=1S/C24H17Cl2N3O3/c1-28(18-5-3-2-4-6-18)22(30)15-7-11-17(12-8-15)27-21-20(26)23(31)29(24(21)32)19-13-9-16(25)10-14-19/h2-14,27H,1H3. The number of nitrogens with zero attached hydrogens (tertiary/aromatic N) is 2. The number of carbonyl (C=O) groups is 3. The SMILES string of the molecule is CN(C(=O)c1ccc(NC2=C(Cl)C(=O)N(c3ccc(Cl)cc3)C2=O)cc1)c1ccccc1. The fraction of sp³-hybridized carbons (Fsp3) is 0.0417. The van der Waals surface area contributed by atoms with Crippen molar-refractivity contribution in [3.8, 4) is 0 Å². The van der Waals surface area contributed by atoms with Crippen molar-refractivity contribution in [1.29, 1.82) is 0 Å². The van der Waals surface area contributed by atoms with Gasteiger partial charge in [0.15, 0.2) is 0 Å². The molecule has 3 amide bonds. The van der Waals surface area contributed by atoms with E-state index in [1.54, 1.807) is 60.5 Å². The molecule has 1 heterocycles. The molecule has 0 aromatic heterocycles. The predicted molar refractivity (Wildman–Crippen MR) is 126 cm³/mol. The van der Waals surface area contributed by atoms with Crippen molar-refractivity contribution < 1.29 is 14.4 Å². The van der Waals surface area contributed by atoms with E-state index in [9.17, 15) is 14.4 Å². The predicted octanol–water partition coefficient (Wildman–Crippen LogP) is 5.05. The van der Waals surface area contributed by atoms with Crippen LogP contribution in [0.2, 0.25) is 5.02 Å². The number of hydrogen-bond donors (Lipinski definition) is 1. The zero-order chi connectivity index (χ0) is 22.8. The smallest absolute Gasteiger partial charge is 0.283 e. The molecule has 0 spiro atoms. The second kappa shape index (κ2) is 8.86. The maximum absolute atomic E-state index is 12.8. The molecule has 0 saturated carbocycles. The summed E-state index contributed by atoms with van der Waals surface area (Å²) in [5.74, 6) is -1.38. The van der Waals surface area contributed by atoms with Crippen molar-refractivity contribution in [1.82, 2.24) is 0 Å². The van der Waals surface area contributed by atoms with Crippen LogP contribution in [0.4, 0.5) is 17.1 Å². The maximum atomic E-state index is 12.8. The quantitative estimate of drug-likeness (QED) is 0.535. The summed E-state index contributed by atoms with van der Waals surface area (Å²) in [7, 11) is 1.70. The Balaban J connectivity index is 1.50. The lowest BCUT2D eigenvalue weighted by molar-refractivity contribution is -0.120. The van der Waals surface area contributed by atoms with Gasteiger partial charge in [0.05, 0.1) is 5.69 Å². The van der Waals surface area contributed by atoms with E-state index < -0.39 is 11.8 Å². The minimum Gasteiger partial charge on any atom is -0.350 e. The summed E-state index contributed by atoms with van der Waals surface area (Å²) in [5.41, 5.74) is 2.08. The molecule has 32 heavy (non-hydrogen) atoms. The first-order valence-electron chi connectivity index (χ1n) is 9.61. The van der Waals surface area contributed by atoms with Crippen LogP contribution in [-0.4, -0.2) is 24.8 Å². The first-order valence-corrected chi connectivity index (χ1v) is 10.4. The molecule has 6 nitrogen and oxygen atoms in total. The van der Waals surface area contributed by atoms with Crippen LogP contribution in [-0.2, 0) is 9.59 Å². The molecule has 0 bridgehead atoms. The second-order valence-electron chi connectivity index (χ2n) is 7.01. The summed E-state index contributed by atoms with van der Waals surface area (Å²) in [6, 6.07) is 22.1. The maximum Gasteiger partial charge on any atom is 0.283 e. The zero-order valence-corrected chi connectivity index (χ0v) is 18.4. The van der Waals surface area contributed by atoms with Gasteiger partial charge in [-0.25, -0.2) is 4.90 Å². The van der Waals surface area contributed by atoms with Crippen LogP contribution < -0.4 is 15.1 Å². The highest BCUT2D eigenvalue weighted by Crippen LogP contribution is 2.31. The van der Waals surface area contributed by atoms with Crippen molar-refractivity contribution in [2.24, 2.45) is 0 Å². The van der Waals surface area contributed by atoms with Gasteiger partial charge in [-0.05, 0) is 60.7 Å².